The lowest BCUT2D eigenvalue weighted by molar-refractivity contribution is -0.143. The predicted octanol–water partition coefficient (Wildman–Crippen LogP) is 4.19. The van der Waals surface area contributed by atoms with Crippen LogP contribution in [0.15, 0.2) is 48.5 Å². The first-order valence-corrected chi connectivity index (χ1v) is 13.0. The van der Waals surface area contributed by atoms with Crippen LogP contribution in [-0.2, 0) is 39.8 Å². The van der Waals surface area contributed by atoms with Crippen molar-refractivity contribution >= 4 is 19.8 Å². The van der Waals surface area contributed by atoms with Crippen LogP contribution in [0.2, 0.25) is 0 Å². The van der Waals surface area contributed by atoms with Crippen LogP contribution in [0.4, 0.5) is 0 Å². The zero-order valence-electron chi connectivity index (χ0n) is 20.7. The molecular formula is C25H34NO9P. The Bertz CT molecular complexity index is 1050. The molecule has 0 aliphatic heterocycles. The first-order valence-electron chi connectivity index (χ1n) is 11.5. The third-order valence-electron chi connectivity index (χ3n) is 5.06. The van der Waals surface area contributed by atoms with Crippen LogP contribution >= 0.6 is 7.82 Å². The van der Waals surface area contributed by atoms with Gasteiger partial charge in [-0.2, -0.15) is 0 Å². The number of hydrogen-bond acceptors (Lipinski definition) is 8. The van der Waals surface area contributed by atoms with Crippen LogP contribution in [0.25, 0.3) is 0 Å². The lowest BCUT2D eigenvalue weighted by atomic mass is 9.87. The van der Waals surface area contributed by atoms with Gasteiger partial charge < -0.3 is 25.2 Å². The van der Waals surface area contributed by atoms with E-state index in [-0.39, 0.29) is 31.5 Å². The number of ether oxygens (including phenoxy) is 2. The molecule has 2 aromatic rings. The van der Waals surface area contributed by atoms with Crippen LogP contribution < -0.4 is 10.5 Å². The van der Waals surface area contributed by atoms with Crippen molar-refractivity contribution in [2.45, 2.75) is 51.5 Å². The number of phosphoric ester groups is 1. The molecule has 10 nitrogen and oxygen atoms in total. The van der Waals surface area contributed by atoms with Gasteiger partial charge in [-0.05, 0) is 41.2 Å². The van der Waals surface area contributed by atoms with Gasteiger partial charge in [0.05, 0.1) is 19.8 Å². The Balaban J connectivity index is 1.74. The number of esters is 1. The van der Waals surface area contributed by atoms with Crippen LogP contribution in [-0.4, -0.2) is 47.8 Å². The summed E-state index contributed by atoms with van der Waals surface area (Å²) >= 11 is 0. The van der Waals surface area contributed by atoms with Crippen LogP contribution in [0.1, 0.15) is 44.7 Å². The third kappa shape index (κ3) is 10.5. The van der Waals surface area contributed by atoms with Crippen molar-refractivity contribution in [3.8, 4) is 11.5 Å². The van der Waals surface area contributed by atoms with Crippen LogP contribution in [0.5, 0.6) is 11.5 Å². The van der Waals surface area contributed by atoms with Crippen molar-refractivity contribution in [2.75, 3.05) is 19.8 Å². The summed E-state index contributed by atoms with van der Waals surface area (Å²) in [4.78, 5) is 32.2. The summed E-state index contributed by atoms with van der Waals surface area (Å²) in [6.45, 7) is 5.51. The highest BCUT2D eigenvalue weighted by Gasteiger charge is 2.24. The van der Waals surface area contributed by atoms with E-state index < -0.39 is 32.4 Å². The van der Waals surface area contributed by atoms with Gasteiger partial charge in [-0.15, -0.1) is 0 Å². The Morgan fingerprint density at radius 3 is 2.33 bits per heavy atom. The van der Waals surface area contributed by atoms with Gasteiger partial charge in [0.1, 0.15) is 17.5 Å². The highest BCUT2D eigenvalue weighted by molar-refractivity contribution is 7.47. The second kappa shape index (κ2) is 13.5. The number of carboxylic acids is 1. The molecule has 0 bridgehead atoms. The van der Waals surface area contributed by atoms with Crippen molar-refractivity contribution in [1.82, 2.24) is 0 Å². The van der Waals surface area contributed by atoms with E-state index in [0.717, 1.165) is 5.56 Å². The maximum atomic E-state index is 12.1. The molecule has 4 N–H and O–H groups in total. The molecule has 0 heterocycles. The second-order valence-corrected chi connectivity index (χ2v) is 10.6. The molecule has 0 aliphatic rings. The van der Waals surface area contributed by atoms with E-state index in [2.05, 4.69) is 25.3 Å². The molecule has 0 amide bonds. The monoisotopic (exact) mass is 523 g/mol. The Hall–Kier alpha value is -2.75. The predicted molar refractivity (Wildman–Crippen MR) is 133 cm³/mol. The van der Waals surface area contributed by atoms with E-state index >= 15 is 0 Å². The molecule has 0 saturated heterocycles. The average molecular weight is 524 g/mol. The Morgan fingerprint density at radius 1 is 1.03 bits per heavy atom. The van der Waals surface area contributed by atoms with Gasteiger partial charge in [0.2, 0.25) is 0 Å². The van der Waals surface area contributed by atoms with Gasteiger partial charge >= 0.3 is 19.8 Å². The van der Waals surface area contributed by atoms with E-state index in [1.807, 2.05) is 48.5 Å². The van der Waals surface area contributed by atoms with E-state index in [0.29, 0.717) is 17.9 Å². The maximum Gasteiger partial charge on any atom is 0.472 e. The highest BCUT2D eigenvalue weighted by atomic mass is 31.2. The largest absolute Gasteiger partial charge is 0.480 e. The lowest BCUT2D eigenvalue weighted by Gasteiger charge is -2.19. The van der Waals surface area contributed by atoms with Gasteiger partial charge in [-0.3, -0.25) is 18.6 Å². The first-order chi connectivity index (χ1) is 16.9. The number of nitrogens with two attached hydrogens (primary N) is 1. The Morgan fingerprint density at radius 2 is 1.69 bits per heavy atom. The molecule has 0 saturated carbocycles. The number of carbonyl (C=O) groups is 2. The molecule has 0 fully saturated rings. The first kappa shape index (κ1) is 29.5. The molecule has 0 spiro atoms. The zero-order chi connectivity index (χ0) is 26.8. The van der Waals surface area contributed by atoms with Crippen molar-refractivity contribution in [2.24, 2.45) is 5.73 Å². The quantitative estimate of drug-likeness (QED) is 0.186. The molecule has 36 heavy (non-hydrogen) atoms. The average Bonchev–Trinajstić information content (AvgIpc) is 2.81. The molecule has 198 valence electrons. The number of phosphoric acid groups is 1. The van der Waals surface area contributed by atoms with Gasteiger partial charge in [0, 0.05) is 12.8 Å². The normalized spacial score (nSPS) is 14.0. The number of para-hydroxylation sites is 1. The number of rotatable bonds is 14. The minimum Gasteiger partial charge on any atom is -0.480 e. The topological polar surface area (TPSA) is 155 Å². The summed E-state index contributed by atoms with van der Waals surface area (Å²) in [7, 11) is -4.45. The fourth-order valence-electron chi connectivity index (χ4n) is 2.98. The Labute approximate surface area is 210 Å². The molecule has 2 aromatic carbocycles. The fourth-order valence-corrected chi connectivity index (χ4v) is 3.76. The molecule has 0 aliphatic carbocycles. The summed E-state index contributed by atoms with van der Waals surface area (Å²) in [6, 6.07) is 13.9. The number of aryl methyl sites for hydroxylation is 1. The number of aliphatic carboxylic acids is 1. The molecule has 2 rings (SSSR count). The number of benzene rings is 2. The van der Waals surface area contributed by atoms with E-state index in [1.165, 1.54) is 5.56 Å². The molecule has 1 unspecified atom stereocenters. The lowest BCUT2D eigenvalue weighted by Crippen LogP contribution is -2.34. The zero-order valence-corrected chi connectivity index (χ0v) is 21.6. The standard InChI is InChI=1S/C25H34NO9P/c1-25(2,3)19-10-12-20(13-11-19)35-22-8-5-4-7-18(22)9-14-23(27)32-15-6-16-33-36(30,31)34-17-21(26)24(28)29/h4-5,7-8,10-13,21H,6,9,14-17,26H2,1-3H3,(H,28,29)(H,30,31)/t21-/m0/s1. The molecule has 0 aromatic heterocycles. The molecular weight excluding hydrogens is 489 g/mol. The van der Waals surface area contributed by atoms with Gasteiger partial charge in [-0.1, -0.05) is 51.1 Å². The summed E-state index contributed by atoms with van der Waals surface area (Å²) in [5, 5.41) is 8.64. The third-order valence-corrected chi connectivity index (χ3v) is 6.04. The van der Waals surface area contributed by atoms with Gasteiger partial charge in [0.25, 0.3) is 0 Å². The fraction of sp³-hybridized carbons (Fsp3) is 0.440. The number of hydrogen-bond donors (Lipinski definition) is 3. The maximum absolute atomic E-state index is 12.1. The smallest absolute Gasteiger partial charge is 0.472 e. The van der Waals surface area contributed by atoms with Crippen molar-refractivity contribution < 1.29 is 42.7 Å². The number of carboxylic acid groups (broad SMARTS) is 1. The number of carbonyl (C=O) groups excluding carboxylic acids is 1. The second-order valence-electron chi connectivity index (χ2n) is 9.10. The van der Waals surface area contributed by atoms with E-state index in [1.54, 1.807) is 0 Å². The summed E-state index contributed by atoms with van der Waals surface area (Å²) in [6.07, 6.45) is 0.683. The minimum atomic E-state index is -4.45. The molecule has 11 heteroatoms. The Kier molecular flexibility index (Phi) is 11.1. The van der Waals surface area contributed by atoms with E-state index in [9.17, 15) is 19.0 Å². The van der Waals surface area contributed by atoms with Crippen molar-refractivity contribution in [1.29, 1.82) is 0 Å². The molecule has 0 radical (unpaired) electrons. The summed E-state index contributed by atoms with van der Waals surface area (Å²) in [5.41, 5.74) is 7.30. The summed E-state index contributed by atoms with van der Waals surface area (Å²) < 4.78 is 32.0. The SMILES string of the molecule is CC(C)(C)c1ccc(Oc2ccccc2CCC(=O)OCCCOP(=O)(O)OC[C@H](N)C(=O)O)cc1. The van der Waals surface area contributed by atoms with Gasteiger partial charge in [0.15, 0.2) is 0 Å². The van der Waals surface area contributed by atoms with Gasteiger partial charge in [-0.25, -0.2) is 4.57 Å². The van der Waals surface area contributed by atoms with Crippen molar-refractivity contribution in [3.63, 3.8) is 0 Å². The minimum absolute atomic E-state index is 0.0221. The molecule has 2 atom stereocenters. The highest BCUT2D eigenvalue weighted by Crippen LogP contribution is 2.43. The van der Waals surface area contributed by atoms with Crippen molar-refractivity contribution in [3.05, 3.63) is 59.7 Å². The van der Waals surface area contributed by atoms with Crippen LogP contribution in [0.3, 0.4) is 0 Å². The van der Waals surface area contributed by atoms with Crippen LogP contribution in [0, 0.1) is 0 Å². The van der Waals surface area contributed by atoms with E-state index in [4.69, 9.17) is 24.8 Å². The summed E-state index contributed by atoms with van der Waals surface area (Å²) in [5.74, 6) is -0.447.